The highest BCUT2D eigenvalue weighted by Crippen LogP contribution is 2.37. The molecule has 4 aromatic rings. The first-order valence-corrected chi connectivity index (χ1v) is 11.4. The number of hydrogen-bond donors (Lipinski definition) is 1. The van der Waals surface area contributed by atoms with Crippen molar-refractivity contribution in [3.8, 4) is 9.88 Å². The molecule has 0 aliphatic carbocycles. The number of fused-ring (bicyclic) bond motifs is 3. The second kappa shape index (κ2) is 7.99. The lowest BCUT2D eigenvalue weighted by molar-refractivity contribution is 0.0830. The predicted octanol–water partition coefficient (Wildman–Crippen LogP) is 5.46. The number of nitrogens with one attached hydrogen (secondary N) is 1. The Kier molecular flexibility index (Phi) is 5.20. The van der Waals surface area contributed by atoms with Gasteiger partial charge in [-0.3, -0.25) is 5.32 Å². The number of thiazole rings is 1. The third-order valence-electron chi connectivity index (χ3n) is 4.80. The highest BCUT2D eigenvalue weighted by Gasteiger charge is 2.17. The van der Waals surface area contributed by atoms with E-state index in [4.69, 9.17) is 21.1 Å². The van der Waals surface area contributed by atoms with Crippen molar-refractivity contribution in [2.45, 2.75) is 26.7 Å². The van der Waals surface area contributed by atoms with E-state index in [2.05, 4.69) is 19.9 Å². The minimum atomic E-state index is -0.523. The number of hydrogen-bond acceptors (Lipinski definition) is 7. The summed E-state index contributed by atoms with van der Waals surface area (Å²) in [7, 11) is 0. The largest absolute Gasteiger partial charge is 0.444 e. The number of carbonyl (C=O) groups excluding carboxylic acids is 1. The van der Waals surface area contributed by atoms with Crippen molar-refractivity contribution in [1.82, 2.24) is 14.5 Å². The highest BCUT2D eigenvalue weighted by molar-refractivity contribution is 7.21. The maximum atomic E-state index is 12.3. The number of ether oxygens (including phenoxy) is 2. The molecule has 4 heterocycles. The summed E-state index contributed by atoms with van der Waals surface area (Å²) in [4.78, 5) is 23.3. The molecule has 7 nitrogen and oxygen atoms in total. The molecule has 0 saturated carbocycles. The normalized spacial score (nSPS) is 13.4. The first kappa shape index (κ1) is 19.5. The zero-order valence-electron chi connectivity index (χ0n) is 16.0. The molecule has 3 aromatic heterocycles. The molecule has 10 heteroatoms. The van der Waals surface area contributed by atoms with Crippen LogP contribution >= 0.6 is 34.3 Å². The van der Waals surface area contributed by atoms with E-state index in [-0.39, 0.29) is 6.61 Å². The van der Waals surface area contributed by atoms with Crippen molar-refractivity contribution in [3.63, 3.8) is 0 Å². The molecule has 0 bridgehead atoms. The number of rotatable bonds is 4. The summed E-state index contributed by atoms with van der Waals surface area (Å²) in [6, 6.07) is 7.50. The molecular formula is C20H17ClN4O3S2. The van der Waals surface area contributed by atoms with Gasteiger partial charge in [0.1, 0.15) is 24.0 Å². The number of thiophene rings is 1. The molecular weight excluding hydrogens is 444 g/mol. The molecule has 0 fully saturated rings. The van der Waals surface area contributed by atoms with Crippen LogP contribution in [0.4, 0.5) is 10.5 Å². The monoisotopic (exact) mass is 460 g/mol. The van der Waals surface area contributed by atoms with Gasteiger partial charge in [-0.25, -0.2) is 14.8 Å². The topological polar surface area (TPSA) is 78.3 Å². The van der Waals surface area contributed by atoms with Crippen molar-refractivity contribution >= 4 is 57.1 Å². The standard InChI is InChI=1S/C20H17ClN4O3S2/c1-11-16(30-19(22-11)18-13(21)4-7-29-18)9-28-20(26)23-12-2-3-15-14(8-12)24-17-10-27-6-5-25(15)17/h2-4,7-8H,5-6,9-10H2,1H3,(H,23,26). The molecule has 5 rings (SSSR count). The fourth-order valence-corrected chi connectivity index (χ4v) is 5.61. The molecule has 30 heavy (non-hydrogen) atoms. The second-order valence-corrected chi connectivity index (χ2v) is 9.17. The molecule has 1 aliphatic rings. The number of carbonyl (C=O) groups is 1. The van der Waals surface area contributed by atoms with Crippen LogP contribution in [0.3, 0.4) is 0 Å². The van der Waals surface area contributed by atoms with E-state index in [1.165, 1.54) is 11.3 Å². The molecule has 1 amide bonds. The first-order chi connectivity index (χ1) is 14.6. The van der Waals surface area contributed by atoms with Gasteiger partial charge in [0.15, 0.2) is 0 Å². The Morgan fingerprint density at radius 1 is 1.37 bits per heavy atom. The Balaban J connectivity index is 1.25. The van der Waals surface area contributed by atoms with Gasteiger partial charge in [0.2, 0.25) is 0 Å². The van der Waals surface area contributed by atoms with Gasteiger partial charge in [-0.2, -0.15) is 0 Å². The number of benzene rings is 1. The minimum Gasteiger partial charge on any atom is -0.444 e. The number of amides is 1. The number of aryl methyl sites for hydroxylation is 1. The molecule has 154 valence electrons. The maximum absolute atomic E-state index is 12.3. The van der Waals surface area contributed by atoms with Gasteiger partial charge >= 0.3 is 6.09 Å². The molecule has 0 saturated heterocycles. The fraction of sp³-hybridized carbons (Fsp3) is 0.250. The Labute approximate surface area is 185 Å². The summed E-state index contributed by atoms with van der Waals surface area (Å²) in [5.41, 5.74) is 3.33. The average molecular weight is 461 g/mol. The molecule has 0 radical (unpaired) electrons. The van der Waals surface area contributed by atoms with E-state index < -0.39 is 6.09 Å². The SMILES string of the molecule is Cc1nc(-c2sccc2Cl)sc1COC(=O)Nc1ccc2c(c1)nc1n2CCOC1. The summed E-state index contributed by atoms with van der Waals surface area (Å²) in [5.74, 6) is 0.901. The smallest absolute Gasteiger partial charge is 0.411 e. The fourth-order valence-electron chi connectivity index (χ4n) is 3.33. The van der Waals surface area contributed by atoms with Gasteiger partial charge in [0.25, 0.3) is 0 Å². The van der Waals surface area contributed by atoms with Crippen molar-refractivity contribution in [3.05, 3.63) is 51.1 Å². The van der Waals surface area contributed by atoms with Gasteiger partial charge in [-0.15, -0.1) is 22.7 Å². The number of anilines is 1. The van der Waals surface area contributed by atoms with Crippen LogP contribution in [0.1, 0.15) is 16.4 Å². The van der Waals surface area contributed by atoms with E-state index in [0.717, 1.165) is 43.9 Å². The number of nitrogens with zero attached hydrogens (tertiary/aromatic N) is 3. The molecule has 0 atom stereocenters. The van der Waals surface area contributed by atoms with Gasteiger partial charge in [0, 0.05) is 12.2 Å². The minimum absolute atomic E-state index is 0.149. The van der Waals surface area contributed by atoms with E-state index in [9.17, 15) is 4.79 Å². The zero-order chi connectivity index (χ0) is 20.7. The van der Waals surface area contributed by atoms with Gasteiger partial charge in [0.05, 0.1) is 38.1 Å². The van der Waals surface area contributed by atoms with Crippen LogP contribution in [0, 0.1) is 6.92 Å². The Morgan fingerprint density at radius 2 is 2.27 bits per heavy atom. The third kappa shape index (κ3) is 3.69. The van der Waals surface area contributed by atoms with Crippen LogP contribution in [0.25, 0.3) is 20.9 Å². The first-order valence-electron chi connectivity index (χ1n) is 9.29. The summed E-state index contributed by atoms with van der Waals surface area (Å²) >= 11 is 9.22. The number of aromatic nitrogens is 3. The van der Waals surface area contributed by atoms with Crippen LogP contribution in [-0.2, 0) is 29.2 Å². The lowest BCUT2D eigenvalue weighted by atomic mass is 10.2. The van der Waals surface area contributed by atoms with E-state index >= 15 is 0 Å². The van der Waals surface area contributed by atoms with E-state index in [1.807, 2.05) is 36.6 Å². The quantitative estimate of drug-likeness (QED) is 0.437. The van der Waals surface area contributed by atoms with Crippen LogP contribution in [-0.4, -0.2) is 27.2 Å². The Bertz CT molecular complexity index is 1250. The van der Waals surface area contributed by atoms with Crippen LogP contribution in [0.15, 0.2) is 29.6 Å². The number of halogens is 1. The molecule has 1 N–H and O–H groups in total. The molecule has 1 aromatic carbocycles. The molecule has 0 spiro atoms. The Morgan fingerprint density at radius 3 is 3.10 bits per heavy atom. The van der Waals surface area contributed by atoms with Gasteiger partial charge in [-0.1, -0.05) is 11.6 Å². The van der Waals surface area contributed by atoms with Crippen molar-refractivity contribution in [1.29, 1.82) is 0 Å². The lowest BCUT2D eigenvalue weighted by Crippen LogP contribution is -2.16. The van der Waals surface area contributed by atoms with Gasteiger partial charge in [-0.05, 0) is 36.6 Å². The summed E-state index contributed by atoms with van der Waals surface area (Å²) in [6.45, 7) is 4.02. The predicted molar refractivity (Wildman–Crippen MR) is 118 cm³/mol. The summed E-state index contributed by atoms with van der Waals surface area (Å²) in [5, 5.41) is 6.22. The zero-order valence-corrected chi connectivity index (χ0v) is 18.4. The van der Waals surface area contributed by atoms with Crippen molar-refractivity contribution in [2.75, 3.05) is 11.9 Å². The van der Waals surface area contributed by atoms with Crippen LogP contribution < -0.4 is 5.32 Å². The lowest BCUT2D eigenvalue weighted by Gasteiger charge is -2.14. The van der Waals surface area contributed by atoms with Crippen molar-refractivity contribution in [2.24, 2.45) is 0 Å². The van der Waals surface area contributed by atoms with E-state index in [0.29, 0.717) is 23.9 Å². The second-order valence-electron chi connectivity index (χ2n) is 6.76. The average Bonchev–Trinajstić information content (AvgIpc) is 3.42. The Hall–Kier alpha value is -2.46. The maximum Gasteiger partial charge on any atom is 0.411 e. The third-order valence-corrected chi connectivity index (χ3v) is 7.43. The van der Waals surface area contributed by atoms with Crippen LogP contribution in [0.5, 0.6) is 0 Å². The van der Waals surface area contributed by atoms with Crippen molar-refractivity contribution < 1.29 is 14.3 Å². The van der Waals surface area contributed by atoms with Crippen LogP contribution in [0.2, 0.25) is 5.02 Å². The summed E-state index contributed by atoms with van der Waals surface area (Å²) < 4.78 is 13.0. The van der Waals surface area contributed by atoms with E-state index in [1.54, 1.807) is 11.3 Å². The molecule has 0 unspecified atom stereocenters. The molecule has 1 aliphatic heterocycles. The summed E-state index contributed by atoms with van der Waals surface area (Å²) in [6.07, 6.45) is -0.523. The highest BCUT2D eigenvalue weighted by atomic mass is 35.5. The van der Waals surface area contributed by atoms with Gasteiger partial charge < -0.3 is 14.0 Å². The number of imidazole rings is 1.